The molecule has 1 fully saturated rings. The van der Waals surface area contributed by atoms with Crippen LogP contribution in [0.2, 0.25) is 0 Å². The number of guanidine groups is 1. The number of nitrogens with one attached hydrogen (secondary N) is 1. The van der Waals surface area contributed by atoms with Crippen LogP contribution >= 0.6 is 0 Å². The molecule has 1 saturated heterocycles. The molecule has 0 radical (unpaired) electrons. The molecule has 23 heavy (non-hydrogen) atoms. The van der Waals surface area contributed by atoms with Crippen molar-refractivity contribution in [3.63, 3.8) is 0 Å². The van der Waals surface area contributed by atoms with Gasteiger partial charge >= 0.3 is 6.09 Å². The zero-order valence-electron chi connectivity index (χ0n) is 14.2. The molecule has 0 aliphatic carbocycles. The second-order valence-electron chi connectivity index (χ2n) is 5.37. The molecule has 0 aromatic carbocycles. The van der Waals surface area contributed by atoms with Gasteiger partial charge in [0.15, 0.2) is 5.96 Å². The number of carbonyl (C=O) groups is 1. The number of amides is 1. The first-order chi connectivity index (χ1) is 11.1. The molecule has 1 amide bonds. The van der Waals surface area contributed by atoms with Gasteiger partial charge in [0.05, 0.1) is 19.3 Å². The highest BCUT2D eigenvalue weighted by molar-refractivity contribution is 5.80. The van der Waals surface area contributed by atoms with Crippen LogP contribution < -0.4 is 5.32 Å². The number of aromatic nitrogens is 2. The van der Waals surface area contributed by atoms with Crippen molar-refractivity contribution < 1.29 is 9.53 Å². The first-order valence-electron chi connectivity index (χ1n) is 8.06. The van der Waals surface area contributed by atoms with Crippen molar-refractivity contribution in [3.05, 3.63) is 18.0 Å². The van der Waals surface area contributed by atoms with E-state index < -0.39 is 0 Å². The van der Waals surface area contributed by atoms with Crippen molar-refractivity contribution in [2.45, 2.75) is 20.4 Å². The summed E-state index contributed by atoms with van der Waals surface area (Å²) in [5.41, 5.74) is 1.08. The average Bonchev–Trinajstić information content (AvgIpc) is 2.97. The summed E-state index contributed by atoms with van der Waals surface area (Å²) in [7, 11) is 1.90. The number of piperazine rings is 1. The van der Waals surface area contributed by atoms with Crippen molar-refractivity contribution in [2.24, 2.45) is 12.0 Å². The summed E-state index contributed by atoms with van der Waals surface area (Å²) < 4.78 is 6.82. The Hall–Kier alpha value is -2.25. The van der Waals surface area contributed by atoms with Crippen LogP contribution in [0.15, 0.2) is 17.4 Å². The van der Waals surface area contributed by atoms with Crippen molar-refractivity contribution in [1.82, 2.24) is 24.9 Å². The summed E-state index contributed by atoms with van der Waals surface area (Å²) in [6.45, 7) is 8.48. The summed E-state index contributed by atoms with van der Waals surface area (Å²) in [5, 5.41) is 7.47. The number of hydrogen-bond donors (Lipinski definition) is 1. The van der Waals surface area contributed by atoms with E-state index >= 15 is 0 Å². The largest absolute Gasteiger partial charge is 0.450 e. The van der Waals surface area contributed by atoms with Gasteiger partial charge in [-0.1, -0.05) is 0 Å². The van der Waals surface area contributed by atoms with E-state index in [1.165, 1.54) is 0 Å². The third-order valence-electron chi connectivity index (χ3n) is 3.61. The van der Waals surface area contributed by atoms with Crippen LogP contribution in [-0.2, 0) is 18.3 Å². The van der Waals surface area contributed by atoms with E-state index in [4.69, 9.17) is 4.74 Å². The minimum absolute atomic E-state index is 0.232. The maximum atomic E-state index is 11.7. The lowest BCUT2D eigenvalue weighted by Gasteiger charge is -2.35. The van der Waals surface area contributed by atoms with Gasteiger partial charge in [-0.15, -0.1) is 0 Å². The van der Waals surface area contributed by atoms with E-state index in [1.807, 2.05) is 26.4 Å². The Morgan fingerprint density at radius 3 is 2.57 bits per heavy atom. The zero-order chi connectivity index (χ0) is 16.7. The topological polar surface area (TPSA) is 75.0 Å². The van der Waals surface area contributed by atoms with E-state index in [-0.39, 0.29) is 6.09 Å². The molecule has 0 bridgehead atoms. The second kappa shape index (κ2) is 8.40. The van der Waals surface area contributed by atoms with Gasteiger partial charge in [-0.05, 0) is 13.8 Å². The molecule has 2 heterocycles. The van der Waals surface area contributed by atoms with Gasteiger partial charge in [0.25, 0.3) is 0 Å². The van der Waals surface area contributed by atoms with Gasteiger partial charge < -0.3 is 19.9 Å². The Morgan fingerprint density at radius 2 is 2.00 bits per heavy atom. The number of nitrogens with zero attached hydrogens (tertiary/aromatic N) is 5. The Labute approximate surface area is 137 Å². The van der Waals surface area contributed by atoms with E-state index in [2.05, 4.69) is 27.2 Å². The fraction of sp³-hybridized carbons (Fsp3) is 0.667. The monoisotopic (exact) mass is 322 g/mol. The third kappa shape index (κ3) is 4.87. The Kier molecular flexibility index (Phi) is 6.25. The fourth-order valence-electron chi connectivity index (χ4n) is 2.46. The fourth-order valence-corrected chi connectivity index (χ4v) is 2.46. The molecule has 0 unspecified atom stereocenters. The molecular weight excluding hydrogens is 296 g/mol. The van der Waals surface area contributed by atoms with E-state index in [1.54, 1.807) is 9.58 Å². The van der Waals surface area contributed by atoms with Crippen molar-refractivity contribution >= 4 is 12.1 Å². The van der Waals surface area contributed by atoms with Crippen molar-refractivity contribution in [2.75, 3.05) is 39.3 Å². The number of hydrogen-bond acceptors (Lipinski definition) is 4. The molecular formula is C15H26N6O2. The average molecular weight is 322 g/mol. The quantitative estimate of drug-likeness (QED) is 0.651. The maximum absolute atomic E-state index is 11.7. The third-order valence-corrected chi connectivity index (χ3v) is 3.61. The molecule has 1 aromatic heterocycles. The van der Waals surface area contributed by atoms with E-state index in [9.17, 15) is 4.79 Å². The van der Waals surface area contributed by atoms with Crippen LogP contribution in [0, 0.1) is 0 Å². The van der Waals surface area contributed by atoms with Gasteiger partial charge in [0, 0.05) is 51.5 Å². The minimum Gasteiger partial charge on any atom is -0.450 e. The smallest absolute Gasteiger partial charge is 0.409 e. The van der Waals surface area contributed by atoms with Gasteiger partial charge in [0.2, 0.25) is 0 Å². The van der Waals surface area contributed by atoms with Crippen LogP contribution in [0.1, 0.15) is 19.4 Å². The molecule has 1 aromatic rings. The Balaban J connectivity index is 1.92. The number of ether oxygens (including phenoxy) is 1. The summed E-state index contributed by atoms with van der Waals surface area (Å²) in [5.74, 6) is 0.875. The lowest BCUT2D eigenvalue weighted by atomic mass is 10.3. The summed E-state index contributed by atoms with van der Waals surface area (Å²) in [6.07, 6.45) is 3.56. The van der Waals surface area contributed by atoms with Gasteiger partial charge in [-0.3, -0.25) is 4.68 Å². The molecule has 128 valence electrons. The lowest BCUT2D eigenvalue weighted by Crippen LogP contribution is -2.53. The molecule has 0 atom stereocenters. The maximum Gasteiger partial charge on any atom is 0.409 e. The molecule has 1 aliphatic heterocycles. The van der Waals surface area contributed by atoms with Gasteiger partial charge in [0.1, 0.15) is 0 Å². The predicted molar refractivity (Wildman–Crippen MR) is 88.2 cm³/mol. The Bertz CT molecular complexity index is 534. The van der Waals surface area contributed by atoms with Crippen LogP contribution in [0.4, 0.5) is 4.79 Å². The molecule has 0 spiro atoms. The summed E-state index contributed by atoms with van der Waals surface area (Å²) in [4.78, 5) is 20.3. The minimum atomic E-state index is -0.232. The number of rotatable bonds is 4. The molecule has 0 saturated carbocycles. The predicted octanol–water partition coefficient (Wildman–Crippen LogP) is 0.660. The number of aryl methyl sites for hydroxylation is 1. The lowest BCUT2D eigenvalue weighted by molar-refractivity contribution is 0.0914. The Morgan fingerprint density at radius 1 is 1.30 bits per heavy atom. The summed E-state index contributed by atoms with van der Waals surface area (Å²) in [6, 6.07) is 0. The second-order valence-corrected chi connectivity index (χ2v) is 5.37. The van der Waals surface area contributed by atoms with E-state index in [0.29, 0.717) is 26.2 Å². The summed E-state index contributed by atoms with van der Waals surface area (Å²) >= 11 is 0. The number of carbonyl (C=O) groups excluding carboxylic acids is 1. The van der Waals surface area contributed by atoms with Crippen LogP contribution in [-0.4, -0.2) is 71.0 Å². The first-order valence-corrected chi connectivity index (χ1v) is 8.06. The highest BCUT2D eigenvalue weighted by Gasteiger charge is 2.23. The zero-order valence-corrected chi connectivity index (χ0v) is 14.2. The first kappa shape index (κ1) is 17.1. The van der Waals surface area contributed by atoms with Crippen molar-refractivity contribution in [3.8, 4) is 0 Å². The van der Waals surface area contributed by atoms with Crippen LogP contribution in [0.3, 0.4) is 0 Å². The van der Waals surface area contributed by atoms with E-state index in [0.717, 1.165) is 31.2 Å². The molecule has 8 nitrogen and oxygen atoms in total. The standard InChI is InChI=1S/C15H26N6O2/c1-4-16-14(17-10-13-11-18-19(3)12-13)20-6-8-21(9-7-20)15(22)23-5-2/h11-12H,4-10H2,1-3H3,(H,16,17). The van der Waals surface area contributed by atoms with Gasteiger partial charge in [-0.2, -0.15) is 5.10 Å². The molecule has 1 N–H and O–H groups in total. The number of aliphatic imine (C=N–C) groups is 1. The highest BCUT2D eigenvalue weighted by atomic mass is 16.6. The molecule has 1 aliphatic rings. The SMILES string of the molecule is CCNC(=NCc1cnn(C)c1)N1CCN(C(=O)OCC)CC1. The van der Waals surface area contributed by atoms with Gasteiger partial charge in [-0.25, -0.2) is 9.79 Å². The molecule has 2 rings (SSSR count). The van der Waals surface area contributed by atoms with Crippen molar-refractivity contribution in [1.29, 1.82) is 0 Å². The normalized spacial score (nSPS) is 15.7. The van der Waals surface area contributed by atoms with Crippen LogP contribution in [0.5, 0.6) is 0 Å². The van der Waals surface area contributed by atoms with Crippen LogP contribution in [0.25, 0.3) is 0 Å². The molecule has 8 heteroatoms. The highest BCUT2D eigenvalue weighted by Crippen LogP contribution is 2.06.